The Hall–Kier alpha value is -0.730. The van der Waals surface area contributed by atoms with Crippen molar-refractivity contribution in [1.82, 2.24) is 9.80 Å². The second kappa shape index (κ2) is 7.16. The minimum Gasteiger partial charge on any atom is -0.325 e. The molecular formula is C16H32N2O. The van der Waals surface area contributed by atoms with Crippen molar-refractivity contribution in [1.29, 1.82) is 0 Å². The average Bonchev–Trinajstić information content (AvgIpc) is 2.37. The topological polar surface area (TPSA) is 23.6 Å². The molecule has 0 aromatic carbocycles. The van der Waals surface area contributed by atoms with Crippen molar-refractivity contribution >= 4 is 6.03 Å². The van der Waals surface area contributed by atoms with Gasteiger partial charge in [0.05, 0.1) is 0 Å². The van der Waals surface area contributed by atoms with Crippen LogP contribution in [0.2, 0.25) is 0 Å². The zero-order chi connectivity index (χ0) is 14.5. The van der Waals surface area contributed by atoms with E-state index in [0.717, 1.165) is 57.8 Å². The maximum absolute atomic E-state index is 12.5. The molecule has 112 valence electrons. The van der Waals surface area contributed by atoms with Crippen LogP contribution in [0.15, 0.2) is 0 Å². The highest BCUT2D eigenvalue weighted by atomic mass is 16.2. The van der Waals surface area contributed by atoms with E-state index >= 15 is 0 Å². The highest BCUT2D eigenvalue weighted by Crippen LogP contribution is 2.34. The number of amides is 2. The fraction of sp³-hybridized carbons (Fsp3) is 0.938. The van der Waals surface area contributed by atoms with Crippen LogP contribution < -0.4 is 0 Å². The molecule has 0 aliphatic carbocycles. The number of likely N-dealkylation sites (tertiary alicyclic amines) is 1. The molecule has 3 nitrogen and oxygen atoms in total. The van der Waals surface area contributed by atoms with Crippen LogP contribution in [0, 0.1) is 11.3 Å². The Morgan fingerprint density at radius 2 is 1.58 bits per heavy atom. The van der Waals surface area contributed by atoms with Gasteiger partial charge in [0.2, 0.25) is 0 Å². The zero-order valence-electron chi connectivity index (χ0n) is 13.5. The fourth-order valence-electron chi connectivity index (χ4n) is 2.98. The van der Waals surface area contributed by atoms with Gasteiger partial charge >= 0.3 is 6.03 Å². The summed E-state index contributed by atoms with van der Waals surface area (Å²) in [6.07, 6.45) is 4.40. The first-order chi connectivity index (χ1) is 8.90. The van der Waals surface area contributed by atoms with Gasteiger partial charge in [-0.25, -0.2) is 4.79 Å². The molecule has 2 amide bonds. The number of hydrogen-bond donors (Lipinski definition) is 0. The lowest BCUT2D eigenvalue weighted by Crippen LogP contribution is -2.48. The minimum atomic E-state index is 0.260. The monoisotopic (exact) mass is 268 g/mol. The molecule has 0 aromatic rings. The summed E-state index contributed by atoms with van der Waals surface area (Å²) in [5, 5.41) is 0. The van der Waals surface area contributed by atoms with E-state index in [-0.39, 0.29) is 6.03 Å². The highest BCUT2D eigenvalue weighted by Gasteiger charge is 2.31. The molecule has 0 aromatic heterocycles. The van der Waals surface area contributed by atoms with Gasteiger partial charge in [0.15, 0.2) is 0 Å². The molecule has 1 rings (SSSR count). The molecule has 0 radical (unpaired) electrons. The van der Waals surface area contributed by atoms with Crippen LogP contribution in [0.3, 0.4) is 0 Å². The van der Waals surface area contributed by atoms with E-state index in [2.05, 4.69) is 39.5 Å². The lowest BCUT2D eigenvalue weighted by atomic mass is 9.75. The smallest absolute Gasteiger partial charge is 0.319 e. The van der Waals surface area contributed by atoms with Crippen LogP contribution >= 0.6 is 0 Å². The van der Waals surface area contributed by atoms with E-state index in [9.17, 15) is 4.79 Å². The van der Waals surface area contributed by atoms with E-state index in [1.807, 2.05) is 4.90 Å². The third-order valence-electron chi connectivity index (χ3n) is 4.25. The van der Waals surface area contributed by atoms with Crippen molar-refractivity contribution in [3.63, 3.8) is 0 Å². The first kappa shape index (κ1) is 16.3. The molecule has 1 heterocycles. The van der Waals surface area contributed by atoms with Gasteiger partial charge in [0, 0.05) is 26.2 Å². The number of carbonyl (C=O) groups excluding carboxylic acids is 1. The van der Waals surface area contributed by atoms with Crippen LogP contribution in [0.5, 0.6) is 0 Å². The van der Waals surface area contributed by atoms with Gasteiger partial charge in [0.25, 0.3) is 0 Å². The van der Waals surface area contributed by atoms with Crippen LogP contribution in [0.25, 0.3) is 0 Å². The molecule has 0 unspecified atom stereocenters. The van der Waals surface area contributed by atoms with Gasteiger partial charge in [-0.2, -0.15) is 0 Å². The standard InChI is InChI=1S/C16H32N2O/c1-6-10-17(11-7-2)15(19)18-12-8-14(9-13-18)16(3,4)5/h14H,6-13H2,1-5H3. The van der Waals surface area contributed by atoms with E-state index in [0.29, 0.717) is 5.41 Å². The molecule has 1 aliphatic heterocycles. The molecule has 1 saturated heterocycles. The summed E-state index contributed by atoms with van der Waals surface area (Å²) in [4.78, 5) is 16.6. The SMILES string of the molecule is CCCN(CCC)C(=O)N1CCC(C(C)(C)C)CC1. The van der Waals surface area contributed by atoms with Gasteiger partial charge in [-0.05, 0) is 37.0 Å². The lowest BCUT2D eigenvalue weighted by Gasteiger charge is -2.40. The van der Waals surface area contributed by atoms with Gasteiger partial charge in [0.1, 0.15) is 0 Å². The Morgan fingerprint density at radius 3 is 1.95 bits per heavy atom. The Bertz CT molecular complexity index is 269. The van der Waals surface area contributed by atoms with Crippen molar-refractivity contribution < 1.29 is 4.79 Å². The molecule has 0 atom stereocenters. The van der Waals surface area contributed by atoms with E-state index in [4.69, 9.17) is 0 Å². The van der Waals surface area contributed by atoms with E-state index in [1.54, 1.807) is 0 Å². The Morgan fingerprint density at radius 1 is 1.11 bits per heavy atom. The number of rotatable bonds is 4. The third kappa shape index (κ3) is 4.70. The molecule has 0 N–H and O–H groups in total. The number of nitrogens with zero attached hydrogens (tertiary/aromatic N) is 2. The second-order valence-corrected chi connectivity index (χ2v) is 6.90. The lowest BCUT2D eigenvalue weighted by molar-refractivity contribution is 0.101. The van der Waals surface area contributed by atoms with Crippen molar-refractivity contribution in [3.8, 4) is 0 Å². The summed E-state index contributed by atoms with van der Waals surface area (Å²) in [6, 6.07) is 0.260. The predicted octanol–water partition coefficient (Wildman–Crippen LogP) is 3.99. The summed E-state index contributed by atoms with van der Waals surface area (Å²) < 4.78 is 0. The molecular weight excluding hydrogens is 236 g/mol. The summed E-state index contributed by atoms with van der Waals surface area (Å²) in [7, 11) is 0. The predicted molar refractivity (Wildman–Crippen MR) is 81.3 cm³/mol. The van der Waals surface area contributed by atoms with Crippen molar-refractivity contribution in [2.45, 2.75) is 60.3 Å². The normalized spacial score (nSPS) is 17.6. The quantitative estimate of drug-likeness (QED) is 0.756. The first-order valence-corrected chi connectivity index (χ1v) is 7.94. The first-order valence-electron chi connectivity index (χ1n) is 7.94. The maximum atomic E-state index is 12.5. The summed E-state index contributed by atoms with van der Waals surface area (Å²) in [5.41, 5.74) is 0.377. The highest BCUT2D eigenvalue weighted by molar-refractivity contribution is 5.74. The molecule has 19 heavy (non-hydrogen) atoms. The van der Waals surface area contributed by atoms with Gasteiger partial charge in [-0.15, -0.1) is 0 Å². The van der Waals surface area contributed by atoms with Crippen LogP contribution in [0.1, 0.15) is 60.3 Å². The Kier molecular flexibility index (Phi) is 6.15. The largest absolute Gasteiger partial charge is 0.325 e. The van der Waals surface area contributed by atoms with Crippen molar-refractivity contribution in [2.75, 3.05) is 26.2 Å². The number of urea groups is 1. The van der Waals surface area contributed by atoms with Gasteiger partial charge in [-0.3, -0.25) is 0 Å². The molecule has 1 fully saturated rings. The molecule has 0 saturated carbocycles. The zero-order valence-corrected chi connectivity index (χ0v) is 13.5. The molecule has 0 spiro atoms. The van der Waals surface area contributed by atoms with Crippen molar-refractivity contribution in [3.05, 3.63) is 0 Å². The minimum absolute atomic E-state index is 0.260. The molecule has 0 bridgehead atoms. The summed E-state index contributed by atoms with van der Waals surface area (Å²) in [6.45, 7) is 14.9. The van der Waals surface area contributed by atoms with Crippen molar-refractivity contribution in [2.24, 2.45) is 11.3 Å². The summed E-state index contributed by atoms with van der Waals surface area (Å²) in [5.74, 6) is 0.752. The fourth-order valence-corrected chi connectivity index (χ4v) is 2.98. The average molecular weight is 268 g/mol. The third-order valence-corrected chi connectivity index (χ3v) is 4.25. The number of carbonyl (C=O) groups is 1. The molecule has 1 aliphatic rings. The number of piperidine rings is 1. The van der Waals surface area contributed by atoms with Gasteiger partial charge < -0.3 is 9.80 Å². The molecule has 3 heteroatoms. The van der Waals surface area contributed by atoms with Crippen LogP contribution in [-0.2, 0) is 0 Å². The van der Waals surface area contributed by atoms with E-state index in [1.165, 1.54) is 0 Å². The summed E-state index contributed by atoms with van der Waals surface area (Å²) >= 11 is 0. The van der Waals surface area contributed by atoms with Crippen LogP contribution in [-0.4, -0.2) is 42.0 Å². The number of hydrogen-bond acceptors (Lipinski definition) is 1. The van der Waals surface area contributed by atoms with E-state index < -0.39 is 0 Å². The maximum Gasteiger partial charge on any atom is 0.319 e. The Labute approximate surface area is 119 Å². The van der Waals surface area contributed by atoms with Gasteiger partial charge in [-0.1, -0.05) is 34.6 Å². The second-order valence-electron chi connectivity index (χ2n) is 6.90. The Balaban J connectivity index is 2.51. The van der Waals surface area contributed by atoms with Crippen LogP contribution in [0.4, 0.5) is 4.79 Å².